The molecule has 1 atom stereocenters. The minimum absolute atomic E-state index is 0.251. The average Bonchev–Trinajstić information content (AvgIpc) is 2.92. The van der Waals surface area contributed by atoms with Gasteiger partial charge in [-0.15, -0.1) is 0 Å². The van der Waals surface area contributed by atoms with Crippen molar-refractivity contribution >= 4 is 35.1 Å². The molecule has 0 aliphatic carbocycles. The van der Waals surface area contributed by atoms with Crippen LogP contribution in [0.5, 0.6) is 0 Å². The number of hydrogen-bond donors (Lipinski definition) is 4. The molecule has 1 unspecified atom stereocenters. The summed E-state index contributed by atoms with van der Waals surface area (Å²) >= 11 is 1.82. The van der Waals surface area contributed by atoms with Crippen LogP contribution in [0, 0.1) is 0 Å². The number of carbonyl (C=O) groups is 2. The molecule has 1 fully saturated rings. The van der Waals surface area contributed by atoms with Crippen LogP contribution >= 0.6 is 11.8 Å². The third kappa shape index (κ3) is 8.57. The fourth-order valence-electron chi connectivity index (χ4n) is 4.50. The topological polar surface area (TPSA) is 125 Å². The van der Waals surface area contributed by atoms with Gasteiger partial charge in [-0.2, -0.15) is 0 Å². The molecule has 10 heteroatoms. The fourth-order valence-corrected chi connectivity index (χ4v) is 5.58. The van der Waals surface area contributed by atoms with E-state index in [-0.39, 0.29) is 6.61 Å². The number of nitrogens with zero attached hydrogens (tertiary/aromatic N) is 3. The van der Waals surface area contributed by atoms with Crippen LogP contribution in [-0.4, -0.2) is 94.6 Å². The van der Waals surface area contributed by atoms with Crippen LogP contribution in [0.2, 0.25) is 0 Å². The highest BCUT2D eigenvalue weighted by atomic mass is 32.2. The van der Waals surface area contributed by atoms with E-state index in [4.69, 9.17) is 15.3 Å². The highest BCUT2D eigenvalue weighted by Crippen LogP contribution is 2.48. The van der Waals surface area contributed by atoms with Gasteiger partial charge >= 0.3 is 11.9 Å². The first-order valence-corrected chi connectivity index (χ1v) is 13.7. The van der Waals surface area contributed by atoms with Crippen LogP contribution in [0.25, 0.3) is 0 Å². The lowest BCUT2D eigenvalue weighted by Crippen LogP contribution is -2.47. The first-order chi connectivity index (χ1) is 18.3. The van der Waals surface area contributed by atoms with E-state index in [2.05, 4.69) is 57.2 Å². The highest BCUT2D eigenvalue weighted by molar-refractivity contribution is 7.99. The number of rotatable bonds is 10. The molecule has 2 heterocycles. The summed E-state index contributed by atoms with van der Waals surface area (Å²) in [6.45, 7) is 9.37. The van der Waals surface area contributed by atoms with Gasteiger partial charge in [0.15, 0.2) is 0 Å². The van der Waals surface area contributed by atoms with Crippen molar-refractivity contribution in [2.24, 2.45) is 0 Å². The Hall–Kier alpha value is -2.89. The number of aliphatic hydroxyl groups excluding tert-OH is 2. The molecular formula is C28H37N3O6S. The SMILES string of the molecule is CCC(O)c1ccc2c(c1)N(CCCN1CCN(CCO)CC1)c1ccccc1S2.O=C(O)/C=C\C(=O)O. The number of carboxylic acids is 2. The van der Waals surface area contributed by atoms with Crippen molar-refractivity contribution in [1.82, 2.24) is 9.80 Å². The predicted molar refractivity (Wildman–Crippen MR) is 148 cm³/mol. The fraction of sp³-hybridized carbons (Fsp3) is 0.429. The van der Waals surface area contributed by atoms with E-state index in [1.54, 1.807) is 0 Å². The van der Waals surface area contributed by atoms with E-state index in [1.807, 2.05) is 18.7 Å². The standard InChI is InChI=1S/C24H33N3O2S.C4H4O4/c1-2-22(29)19-8-9-24-21(18-19)27(20-6-3-4-7-23(20)30-24)11-5-10-25-12-14-26(15-13-25)16-17-28;5-3(6)1-2-4(7)8/h3-4,6-9,18,22,28-29H,2,5,10-17H2,1H3;1-2H,(H,5,6)(H,7,8)/b;2-1-. The van der Waals surface area contributed by atoms with Crippen molar-refractivity contribution in [2.75, 3.05) is 57.3 Å². The third-order valence-electron chi connectivity index (χ3n) is 6.53. The molecule has 9 nitrogen and oxygen atoms in total. The number of para-hydroxylation sites is 1. The molecule has 0 saturated carbocycles. The molecule has 2 aliphatic heterocycles. The zero-order valence-corrected chi connectivity index (χ0v) is 22.5. The molecule has 206 valence electrons. The highest BCUT2D eigenvalue weighted by Gasteiger charge is 2.24. The summed E-state index contributed by atoms with van der Waals surface area (Å²) in [5.74, 6) is -2.51. The zero-order valence-electron chi connectivity index (χ0n) is 21.7. The summed E-state index contributed by atoms with van der Waals surface area (Å²) in [7, 11) is 0. The number of fused-ring (bicyclic) bond motifs is 2. The third-order valence-corrected chi connectivity index (χ3v) is 7.66. The number of piperazine rings is 1. The van der Waals surface area contributed by atoms with Crippen molar-refractivity contribution in [2.45, 2.75) is 35.7 Å². The van der Waals surface area contributed by atoms with E-state index in [9.17, 15) is 14.7 Å². The van der Waals surface area contributed by atoms with Gasteiger partial charge in [-0.25, -0.2) is 9.59 Å². The number of hydrogen-bond acceptors (Lipinski definition) is 8. The molecule has 2 aliphatic rings. The molecule has 0 radical (unpaired) electrons. The molecule has 2 aromatic carbocycles. The Morgan fingerprint density at radius 1 is 0.895 bits per heavy atom. The Morgan fingerprint density at radius 2 is 1.50 bits per heavy atom. The van der Waals surface area contributed by atoms with Crippen molar-refractivity contribution in [3.8, 4) is 0 Å². The van der Waals surface area contributed by atoms with Crippen molar-refractivity contribution in [3.63, 3.8) is 0 Å². The molecule has 0 bridgehead atoms. The number of aliphatic carboxylic acids is 2. The Balaban J connectivity index is 0.000000436. The van der Waals surface area contributed by atoms with Crippen molar-refractivity contribution < 1.29 is 30.0 Å². The van der Waals surface area contributed by atoms with Crippen LogP contribution in [0.1, 0.15) is 31.4 Å². The molecule has 4 N–H and O–H groups in total. The summed E-state index contributed by atoms with van der Waals surface area (Å²) in [5.41, 5.74) is 3.49. The van der Waals surface area contributed by atoms with E-state index in [0.717, 1.165) is 64.2 Å². The molecule has 1 saturated heterocycles. The van der Waals surface area contributed by atoms with Gasteiger partial charge in [0.1, 0.15) is 0 Å². The molecule has 0 amide bonds. The largest absolute Gasteiger partial charge is 0.478 e. The lowest BCUT2D eigenvalue weighted by Gasteiger charge is -2.36. The van der Waals surface area contributed by atoms with E-state index in [0.29, 0.717) is 12.2 Å². The van der Waals surface area contributed by atoms with Crippen LogP contribution in [-0.2, 0) is 9.59 Å². The Bertz CT molecular complexity index is 1090. The number of aliphatic hydroxyl groups is 2. The van der Waals surface area contributed by atoms with E-state index in [1.165, 1.54) is 21.2 Å². The van der Waals surface area contributed by atoms with Gasteiger partial charge in [-0.1, -0.05) is 36.9 Å². The number of anilines is 2. The number of β-amino-alcohol motifs (C(OH)–C–C–N with tert-alkyl or cyclic N) is 1. The number of benzene rings is 2. The Kier molecular flexibility index (Phi) is 11.6. The van der Waals surface area contributed by atoms with Gasteiger partial charge in [0.25, 0.3) is 0 Å². The molecule has 0 aromatic heterocycles. The maximum Gasteiger partial charge on any atom is 0.328 e. The minimum atomic E-state index is -1.26. The van der Waals surface area contributed by atoms with Gasteiger partial charge in [0.2, 0.25) is 0 Å². The second kappa shape index (κ2) is 14.9. The predicted octanol–water partition coefficient (Wildman–Crippen LogP) is 3.44. The monoisotopic (exact) mass is 543 g/mol. The lowest BCUT2D eigenvalue weighted by molar-refractivity contribution is -0.134. The van der Waals surface area contributed by atoms with Crippen LogP contribution in [0.15, 0.2) is 64.4 Å². The van der Waals surface area contributed by atoms with Gasteiger partial charge in [0.05, 0.1) is 24.1 Å². The van der Waals surface area contributed by atoms with Gasteiger partial charge in [-0.3, -0.25) is 4.90 Å². The second-order valence-corrected chi connectivity index (χ2v) is 10.2. The zero-order chi connectivity index (χ0) is 27.5. The molecule has 0 spiro atoms. The first kappa shape index (κ1) is 29.7. The number of carboxylic acid groups (broad SMARTS) is 2. The molecular weight excluding hydrogens is 506 g/mol. The van der Waals surface area contributed by atoms with E-state index >= 15 is 0 Å². The Morgan fingerprint density at radius 3 is 2.11 bits per heavy atom. The first-order valence-electron chi connectivity index (χ1n) is 12.9. The Labute approximate surface area is 228 Å². The van der Waals surface area contributed by atoms with Gasteiger partial charge < -0.3 is 30.2 Å². The average molecular weight is 544 g/mol. The summed E-state index contributed by atoms with van der Waals surface area (Å²) in [6.07, 6.45) is 2.53. The smallest absolute Gasteiger partial charge is 0.328 e. The lowest BCUT2D eigenvalue weighted by atomic mass is 10.1. The maximum absolute atomic E-state index is 10.4. The second-order valence-electron chi connectivity index (χ2n) is 9.14. The van der Waals surface area contributed by atoms with Gasteiger partial charge in [-0.05, 0) is 49.2 Å². The van der Waals surface area contributed by atoms with Crippen LogP contribution < -0.4 is 4.90 Å². The van der Waals surface area contributed by atoms with Crippen molar-refractivity contribution in [3.05, 3.63) is 60.2 Å². The summed E-state index contributed by atoms with van der Waals surface area (Å²) < 4.78 is 0. The summed E-state index contributed by atoms with van der Waals surface area (Å²) in [6, 6.07) is 15.0. The quantitative estimate of drug-likeness (QED) is 0.331. The summed E-state index contributed by atoms with van der Waals surface area (Å²) in [4.78, 5) is 29.0. The van der Waals surface area contributed by atoms with Crippen molar-refractivity contribution in [1.29, 1.82) is 0 Å². The van der Waals surface area contributed by atoms with Crippen LogP contribution in [0.3, 0.4) is 0 Å². The van der Waals surface area contributed by atoms with Crippen LogP contribution in [0.4, 0.5) is 11.4 Å². The minimum Gasteiger partial charge on any atom is -0.478 e. The molecule has 2 aromatic rings. The van der Waals surface area contributed by atoms with E-state index < -0.39 is 18.0 Å². The molecule has 38 heavy (non-hydrogen) atoms. The molecule has 4 rings (SSSR count). The van der Waals surface area contributed by atoms with Gasteiger partial charge in [0, 0.05) is 61.2 Å². The summed E-state index contributed by atoms with van der Waals surface area (Å²) in [5, 5.41) is 35.1. The maximum atomic E-state index is 10.4. The normalized spacial score (nSPS) is 16.3.